The van der Waals surface area contributed by atoms with E-state index in [0.29, 0.717) is 18.4 Å². The van der Waals surface area contributed by atoms with Crippen LogP contribution in [0.3, 0.4) is 0 Å². The summed E-state index contributed by atoms with van der Waals surface area (Å²) in [6, 6.07) is 1.95. The van der Waals surface area contributed by atoms with Crippen LogP contribution in [0.5, 0.6) is 0 Å². The maximum absolute atomic E-state index is 12.3. The van der Waals surface area contributed by atoms with Crippen molar-refractivity contribution < 1.29 is 4.79 Å². The topological polar surface area (TPSA) is 78.8 Å². The predicted octanol–water partition coefficient (Wildman–Crippen LogP) is 1.83. The molecule has 0 aliphatic carbocycles. The van der Waals surface area contributed by atoms with Gasteiger partial charge in [0.15, 0.2) is 0 Å². The van der Waals surface area contributed by atoms with Gasteiger partial charge in [0.1, 0.15) is 0 Å². The number of aromatic amines is 1. The molecule has 7 nitrogen and oxygen atoms in total. The van der Waals surface area contributed by atoms with E-state index >= 15 is 0 Å². The minimum atomic E-state index is 0.0420. The van der Waals surface area contributed by atoms with Gasteiger partial charge >= 0.3 is 6.03 Å². The third-order valence-corrected chi connectivity index (χ3v) is 4.40. The van der Waals surface area contributed by atoms with Crippen molar-refractivity contribution in [3.63, 3.8) is 0 Å². The summed E-state index contributed by atoms with van der Waals surface area (Å²) in [6.07, 6.45) is 9.29. The molecule has 2 aromatic heterocycles. The standard InChI is InChI=1S/C16H24N6O/c1-13(11-22-6-2-5-20-22)9-18-16(23)21-7-3-14(4-8-21)15-10-17-12-19-15/h2,5-6,10,12-14H,3-4,7-9,11H2,1H3,(H,17,19)(H,18,23)/t13-/m1/s1. The number of urea groups is 1. The van der Waals surface area contributed by atoms with Gasteiger partial charge in [0.25, 0.3) is 0 Å². The van der Waals surface area contributed by atoms with Crippen molar-refractivity contribution in [1.29, 1.82) is 0 Å². The van der Waals surface area contributed by atoms with Crippen molar-refractivity contribution >= 4 is 6.03 Å². The quantitative estimate of drug-likeness (QED) is 0.883. The van der Waals surface area contributed by atoms with E-state index in [4.69, 9.17) is 0 Å². The van der Waals surface area contributed by atoms with Crippen LogP contribution in [0.15, 0.2) is 31.0 Å². The monoisotopic (exact) mass is 316 g/mol. The Morgan fingerprint density at radius 3 is 2.96 bits per heavy atom. The third-order valence-electron chi connectivity index (χ3n) is 4.40. The Kier molecular flexibility index (Phi) is 4.95. The van der Waals surface area contributed by atoms with Gasteiger partial charge in [-0.05, 0) is 24.8 Å². The number of hydrogen-bond acceptors (Lipinski definition) is 3. The van der Waals surface area contributed by atoms with Crippen LogP contribution in [-0.2, 0) is 6.54 Å². The van der Waals surface area contributed by atoms with Gasteiger partial charge in [-0.15, -0.1) is 0 Å². The number of aromatic nitrogens is 4. The Morgan fingerprint density at radius 2 is 2.30 bits per heavy atom. The fourth-order valence-corrected chi connectivity index (χ4v) is 3.05. The molecule has 0 unspecified atom stereocenters. The zero-order chi connectivity index (χ0) is 16.1. The second-order valence-electron chi connectivity index (χ2n) is 6.29. The van der Waals surface area contributed by atoms with Crippen LogP contribution in [0.4, 0.5) is 4.79 Å². The Labute approximate surface area is 136 Å². The van der Waals surface area contributed by atoms with Gasteiger partial charge in [0.05, 0.1) is 6.33 Å². The van der Waals surface area contributed by atoms with Gasteiger partial charge < -0.3 is 15.2 Å². The van der Waals surface area contributed by atoms with Gasteiger partial charge in [-0.1, -0.05) is 6.92 Å². The summed E-state index contributed by atoms with van der Waals surface area (Å²) >= 11 is 0. The van der Waals surface area contributed by atoms with E-state index < -0.39 is 0 Å². The van der Waals surface area contributed by atoms with Crippen molar-refractivity contribution in [3.05, 3.63) is 36.7 Å². The highest BCUT2D eigenvalue weighted by atomic mass is 16.2. The second kappa shape index (κ2) is 7.30. The Morgan fingerprint density at radius 1 is 1.48 bits per heavy atom. The highest BCUT2D eigenvalue weighted by Gasteiger charge is 2.24. The van der Waals surface area contributed by atoms with Crippen molar-refractivity contribution in [3.8, 4) is 0 Å². The highest BCUT2D eigenvalue weighted by Crippen LogP contribution is 2.26. The minimum Gasteiger partial charge on any atom is -0.348 e. The van der Waals surface area contributed by atoms with Crippen LogP contribution in [-0.4, -0.2) is 50.3 Å². The zero-order valence-corrected chi connectivity index (χ0v) is 13.5. The van der Waals surface area contributed by atoms with E-state index in [1.165, 1.54) is 5.69 Å². The summed E-state index contributed by atoms with van der Waals surface area (Å²) in [6.45, 7) is 5.19. The molecule has 1 fully saturated rings. The van der Waals surface area contributed by atoms with Crippen molar-refractivity contribution in [2.75, 3.05) is 19.6 Å². The van der Waals surface area contributed by atoms with E-state index in [2.05, 4.69) is 27.3 Å². The lowest BCUT2D eigenvalue weighted by atomic mass is 9.94. The third kappa shape index (κ3) is 4.12. The molecule has 2 amide bonds. The van der Waals surface area contributed by atoms with E-state index in [1.807, 2.05) is 28.0 Å². The van der Waals surface area contributed by atoms with Crippen LogP contribution >= 0.6 is 0 Å². The van der Waals surface area contributed by atoms with Gasteiger partial charge in [-0.25, -0.2) is 9.78 Å². The number of carbonyl (C=O) groups is 1. The summed E-state index contributed by atoms with van der Waals surface area (Å²) in [7, 11) is 0. The first-order valence-electron chi connectivity index (χ1n) is 8.21. The molecule has 7 heteroatoms. The van der Waals surface area contributed by atoms with E-state index in [1.54, 1.807) is 12.5 Å². The molecule has 1 aliphatic rings. The SMILES string of the molecule is C[C@H](CNC(=O)N1CCC(c2cnc[nH]2)CC1)Cn1cccn1. The summed E-state index contributed by atoms with van der Waals surface area (Å²) < 4.78 is 1.90. The first-order valence-corrected chi connectivity index (χ1v) is 8.21. The van der Waals surface area contributed by atoms with Crippen molar-refractivity contribution in [2.45, 2.75) is 32.2 Å². The number of amides is 2. The molecule has 23 heavy (non-hydrogen) atoms. The average Bonchev–Trinajstić information content (AvgIpc) is 3.26. The van der Waals surface area contributed by atoms with Crippen LogP contribution in [0.1, 0.15) is 31.4 Å². The van der Waals surface area contributed by atoms with E-state index in [0.717, 1.165) is 32.5 Å². The highest BCUT2D eigenvalue weighted by molar-refractivity contribution is 5.74. The van der Waals surface area contributed by atoms with Gasteiger partial charge in [-0.2, -0.15) is 5.10 Å². The lowest BCUT2D eigenvalue weighted by molar-refractivity contribution is 0.179. The fourth-order valence-electron chi connectivity index (χ4n) is 3.05. The molecule has 0 radical (unpaired) electrons. The molecule has 0 bridgehead atoms. The number of nitrogens with one attached hydrogen (secondary N) is 2. The van der Waals surface area contributed by atoms with Gasteiger partial charge in [0, 0.05) is 56.4 Å². The molecule has 0 aromatic carbocycles. The van der Waals surface area contributed by atoms with Crippen LogP contribution in [0, 0.1) is 5.92 Å². The number of imidazole rings is 1. The first kappa shape index (κ1) is 15.6. The molecule has 3 heterocycles. The zero-order valence-electron chi connectivity index (χ0n) is 13.5. The summed E-state index contributed by atoms with van der Waals surface area (Å²) in [5.74, 6) is 0.835. The molecule has 2 aromatic rings. The second-order valence-corrected chi connectivity index (χ2v) is 6.29. The van der Waals surface area contributed by atoms with Crippen molar-refractivity contribution in [1.82, 2.24) is 30.0 Å². The molecule has 3 rings (SSSR count). The molecule has 124 valence electrons. The summed E-state index contributed by atoms with van der Waals surface area (Å²) in [4.78, 5) is 21.4. The lowest BCUT2D eigenvalue weighted by Gasteiger charge is -2.31. The Hall–Kier alpha value is -2.31. The molecule has 2 N–H and O–H groups in total. The van der Waals surface area contributed by atoms with E-state index in [-0.39, 0.29) is 6.03 Å². The smallest absolute Gasteiger partial charge is 0.317 e. The number of nitrogens with zero attached hydrogens (tertiary/aromatic N) is 4. The maximum atomic E-state index is 12.3. The molecule has 0 spiro atoms. The first-order chi connectivity index (χ1) is 11.2. The fraction of sp³-hybridized carbons (Fsp3) is 0.562. The Balaban J connectivity index is 1.39. The number of piperidine rings is 1. The average molecular weight is 316 g/mol. The number of carbonyl (C=O) groups excluding carboxylic acids is 1. The molecular formula is C16H24N6O. The number of rotatable bonds is 5. The maximum Gasteiger partial charge on any atom is 0.317 e. The lowest BCUT2D eigenvalue weighted by Crippen LogP contribution is -2.45. The number of likely N-dealkylation sites (tertiary alicyclic amines) is 1. The van der Waals surface area contributed by atoms with Crippen molar-refractivity contribution in [2.24, 2.45) is 5.92 Å². The summed E-state index contributed by atoms with van der Waals surface area (Å²) in [5, 5.41) is 7.23. The van der Waals surface area contributed by atoms with Crippen LogP contribution in [0.25, 0.3) is 0 Å². The number of H-pyrrole nitrogens is 1. The minimum absolute atomic E-state index is 0.0420. The van der Waals surface area contributed by atoms with Gasteiger partial charge in [0.2, 0.25) is 0 Å². The largest absolute Gasteiger partial charge is 0.348 e. The normalized spacial score (nSPS) is 17.2. The van der Waals surface area contributed by atoms with Gasteiger partial charge in [-0.3, -0.25) is 4.68 Å². The molecular weight excluding hydrogens is 292 g/mol. The Bertz CT molecular complexity index is 586. The van der Waals surface area contributed by atoms with Crippen LogP contribution < -0.4 is 5.32 Å². The molecule has 1 aliphatic heterocycles. The predicted molar refractivity (Wildman–Crippen MR) is 86.9 cm³/mol. The number of hydrogen-bond donors (Lipinski definition) is 2. The molecule has 1 saturated heterocycles. The molecule has 1 atom stereocenters. The summed E-state index contributed by atoms with van der Waals surface area (Å²) in [5.41, 5.74) is 1.18. The molecule has 0 saturated carbocycles. The van der Waals surface area contributed by atoms with Crippen LogP contribution in [0.2, 0.25) is 0 Å². The van der Waals surface area contributed by atoms with E-state index in [9.17, 15) is 4.79 Å².